The van der Waals surface area contributed by atoms with Crippen LogP contribution in [-0.4, -0.2) is 42.9 Å². The molecule has 1 aliphatic heterocycles. The highest BCUT2D eigenvalue weighted by Crippen LogP contribution is 2.23. The van der Waals surface area contributed by atoms with E-state index in [9.17, 15) is 18.3 Å². The molecule has 3 N–H and O–H groups in total. The molecule has 1 saturated heterocycles. The van der Waals surface area contributed by atoms with Gasteiger partial charge in [-0.2, -0.15) is 4.31 Å². The minimum absolute atomic E-state index is 0.0348. The van der Waals surface area contributed by atoms with Gasteiger partial charge >= 0.3 is 5.97 Å². The highest BCUT2D eigenvalue weighted by Gasteiger charge is 2.29. The number of benzene rings is 1. The second kappa shape index (κ2) is 6.13. The average Bonchev–Trinajstić information content (AvgIpc) is 2.46. The van der Waals surface area contributed by atoms with Gasteiger partial charge in [0.05, 0.1) is 10.5 Å². The number of carboxylic acid groups (broad SMARTS) is 1. The summed E-state index contributed by atoms with van der Waals surface area (Å²) < 4.78 is 26.5. The first kappa shape index (κ1) is 15.9. The topological polar surface area (TPSA) is 101 Å². The molecule has 6 nitrogen and oxygen atoms in total. The number of hydrogen-bond donors (Lipinski definition) is 2. The fourth-order valence-corrected chi connectivity index (χ4v) is 3.99. The van der Waals surface area contributed by atoms with Gasteiger partial charge in [0.1, 0.15) is 0 Å². The number of nitrogens with two attached hydrogens (primary N) is 1. The second-order valence-corrected chi connectivity index (χ2v) is 7.16. The third kappa shape index (κ3) is 3.25. The van der Waals surface area contributed by atoms with Crippen molar-refractivity contribution < 1.29 is 18.3 Å². The molecule has 1 aromatic carbocycles. The van der Waals surface area contributed by atoms with Crippen molar-refractivity contribution in [2.75, 3.05) is 13.1 Å². The zero-order chi connectivity index (χ0) is 15.6. The van der Waals surface area contributed by atoms with Gasteiger partial charge in [-0.05, 0) is 37.0 Å². The molecule has 0 amide bonds. The number of aromatic carboxylic acids is 1. The smallest absolute Gasteiger partial charge is 0.336 e. The van der Waals surface area contributed by atoms with Gasteiger partial charge in [-0.15, -0.1) is 0 Å². The number of carboxylic acids is 1. The Labute approximate surface area is 124 Å². The van der Waals surface area contributed by atoms with Crippen LogP contribution in [0, 0.1) is 0 Å². The van der Waals surface area contributed by atoms with Crippen LogP contribution in [0.2, 0.25) is 0 Å². The Balaban J connectivity index is 2.36. The fraction of sp³-hybridized carbons (Fsp3) is 0.500. The van der Waals surface area contributed by atoms with Gasteiger partial charge in [0.25, 0.3) is 0 Å². The molecular weight excluding hydrogens is 292 g/mol. The maximum Gasteiger partial charge on any atom is 0.336 e. The minimum atomic E-state index is -3.65. The predicted octanol–water partition coefficient (Wildman–Crippen LogP) is 1.06. The lowest BCUT2D eigenvalue weighted by Gasteiger charge is -2.29. The van der Waals surface area contributed by atoms with E-state index in [-0.39, 0.29) is 16.5 Å². The molecule has 21 heavy (non-hydrogen) atoms. The van der Waals surface area contributed by atoms with Crippen LogP contribution < -0.4 is 5.73 Å². The molecule has 7 heteroatoms. The summed E-state index contributed by atoms with van der Waals surface area (Å²) in [6.45, 7) is 2.59. The Morgan fingerprint density at radius 3 is 2.52 bits per heavy atom. The third-order valence-corrected chi connectivity index (χ3v) is 5.72. The molecule has 0 saturated carbocycles. The van der Waals surface area contributed by atoms with E-state index in [0.29, 0.717) is 37.9 Å². The van der Waals surface area contributed by atoms with Gasteiger partial charge in [-0.25, -0.2) is 13.2 Å². The number of piperidine rings is 1. The summed E-state index contributed by atoms with van der Waals surface area (Å²) in [6.07, 6.45) is 1.79. The molecular formula is C14H20N2O4S. The largest absolute Gasteiger partial charge is 0.478 e. The summed E-state index contributed by atoms with van der Waals surface area (Å²) in [7, 11) is -3.65. The molecule has 0 spiro atoms. The van der Waals surface area contributed by atoms with Crippen molar-refractivity contribution in [1.82, 2.24) is 4.31 Å². The van der Waals surface area contributed by atoms with Gasteiger partial charge in [-0.3, -0.25) is 0 Å². The van der Waals surface area contributed by atoms with Crippen molar-refractivity contribution in [2.24, 2.45) is 5.73 Å². The lowest BCUT2D eigenvalue weighted by molar-refractivity contribution is 0.0695. The first-order valence-corrected chi connectivity index (χ1v) is 8.42. The van der Waals surface area contributed by atoms with E-state index in [2.05, 4.69) is 0 Å². The molecule has 0 aliphatic carbocycles. The van der Waals surface area contributed by atoms with E-state index >= 15 is 0 Å². The van der Waals surface area contributed by atoms with Crippen LogP contribution in [-0.2, 0) is 16.4 Å². The Bertz CT molecular complexity index is 634. The summed E-state index contributed by atoms with van der Waals surface area (Å²) >= 11 is 0. The first-order valence-electron chi connectivity index (χ1n) is 6.98. The average molecular weight is 312 g/mol. The van der Waals surface area contributed by atoms with Crippen molar-refractivity contribution in [3.05, 3.63) is 29.3 Å². The predicted molar refractivity (Wildman–Crippen MR) is 78.7 cm³/mol. The molecule has 0 radical (unpaired) electrons. The maximum atomic E-state index is 12.6. The number of rotatable bonds is 4. The van der Waals surface area contributed by atoms with Crippen LogP contribution in [0.25, 0.3) is 0 Å². The van der Waals surface area contributed by atoms with E-state index in [4.69, 9.17) is 5.73 Å². The molecule has 2 rings (SSSR count). The Morgan fingerprint density at radius 2 is 2.00 bits per heavy atom. The maximum absolute atomic E-state index is 12.6. The highest BCUT2D eigenvalue weighted by atomic mass is 32.2. The molecule has 1 aliphatic rings. The highest BCUT2D eigenvalue weighted by molar-refractivity contribution is 7.89. The SMILES string of the molecule is CCc1ccc(S(=O)(=O)N2CCC(N)CC2)cc1C(=O)O. The zero-order valence-corrected chi connectivity index (χ0v) is 12.8. The monoisotopic (exact) mass is 312 g/mol. The van der Waals surface area contributed by atoms with Crippen LogP contribution in [0.3, 0.4) is 0 Å². The Kier molecular flexibility index (Phi) is 4.65. The van der Waals surface area contributed by atoms with Gasteiger partial charge in [0.15, 0.2) is 0 Å². The normalized spacial score (nSPS) is 17.8. The van der Waals surface area contributed by atoms with Crippen LogP contribution in [0.4, 0.5) is 0 Å². The van der Waals surface area contributed by atoms with Gasteiger partial charge in [0, 0.05) is 19.1 Å². The lowest BCUT2D eigenvalue weighted by atomic mass is 10.1. The standard InChI is InChI=1S/C14H20N2O4S/c1-2-10-3-4-12(9-13(10)14(17)18)21(19,20)16-7-5-11(15)6-8-16/h3-4,9,11H,2,5-8,15H2,1H3,(H,17,18). The molecule has 0 aromatic heterocycles. The number of aryl methyl sites for hydroxylation is 1. The van der Waals surface area contributed by atoms with Crippen LogP contribution in [0.1, 0.15) is 35.7 Å². The van der Waals surface area contributed by atoms with Crippen molar-refractivity contribution in [3.8, 4) is 0 Å². The van der Waals surface area contributed by atoms with Crippen molar-refractivity contribution in [3.63, 3.8) is 0 Å². The van der Waals surface area contributed by atoms with Gasteiger partial charge < -0.3 is 10.8 Å². The minimum Gasteiger partial charge on any atom is -0.478 e. The fourth-order valence-electron chi connectivity index (χ4n) is 2.49. The van der Waals surface area contributed by atoms with Gasteiger partial charge in [-0.1, -0.05) is 13.0 Å². The second-order valence-electron chi connectivity index (χ2n) is 5.22. The third-order valence-electron chi connectivity index (χ3n) is 3.83. The van der Waals surface area contributed by atoms with E-state index in [0.717, 1.165) is 0 Å². The molecule has 0 atom stereocenters. The Hall–Kier alpha value is -1.44. The lowest BCUT2D eigenvalue weighted by Crippen LogP contribution is -2.42. The molecule has 1 heterocycles. The number of nitrogens with zero attached hydrogens (tertiary/aromatic N) is 1. The van der Waals surface area contributed by atoms with E-state index in [1.807, 2.05) is 6.92 Å². The van der Waals surface area contributed by atoms with E-state index in [1.165, 1.54) is 16.4 Å². The molecule has 1 fully saturated rings. The summed E-state index contributed by atoms with van der Waals surface area (Å²) in [4.78, 5) is 11.3. The van der Waals surface area contributed by atoms with Crippen LogP contribution >= 0.6 is 0 Å². The number of carbonyl (C=O) groups is 1. The number of hydrogen-bond acceptors (Lipinski definition) is 4. The molecule has 0 bridgehead atoms. The van der Waals surface area contributed by atoms with Crippen LogP contribution in [0.5, 0.6) is 0 Å². The Morgan fingerprint density at radius 1 is 1.38 bits per heavy atom. The van der Waals surface area contributed by atoms with Gasteiger partial charge in [0.2, 0.25) is 10.0 Å². The quantitative estimate of drug-likeness (QED) is 0.865. The summed E-state index contributed by atoms with van der Waals surface area (Å²) in [5, 5.41) is 9.21. The zero-order valence-electron chi connectivity index (χ0n) is 11.9. The molecule has 0 unspecified atom stereocenters. The number of sulfonamides is 1. The van der Waals surface area contributed by atoms with Crippen molar-refractivity contribution in [1.29, 1.82) is 0 Å². The van der Waals surface area contributed by atoms with E-state index in [1.54, 1.807) is 6.07 Å². The first-order chi connectivity index (χ1) is 9.86. The molecule has 1 aromatic rings. The summed E-state index contributed by atoms with van der Waals surface area (Å²) in [5.41, 5.74) is 6.46. The summed E-state index contributed by atoms with van der Waals surface area (Å²) in [6, 6.07) is 4.35. The molecule has 116 valence electrons. The van der Waals surface area contributed by atoms with Crippen LogP contribution in [0.15, 0.2) is 23.1 Å². The van der Waals surface area contributed by atoms with E-state index < -0.39 is 16.0 Å². The van der Waals surface area contributed by atoms with Crippen molar-refractivity contribution in [2.45, 2.75) is 37.1 Å². The van der Waals surface area contributed by atoms with Crippen molar-refractivity contribution >= 4 is 16.0 Å². The summed E-state index contributed by atoms with van der Waals surface area (Å²) in [5.74, 6) is -1.11.